The number of aryl methyl sites for hydroxylation is 2. The molecular formula is C20H29N3O2. The summed E-state index contributed by atoms with van der Waals surface area (Å²) in [5.74, 6) is 0.496. The van der Waals surface area contributed by atoms with Crippen LogP contribution in [0.1, 0.15) is 49.7 Å². The van der Waals surface area contributed by atoms with E-state index < -0.39 is 0 Å². The summed E-state index contributed by atoms with van der Waals surface area (Å²) in [7, 11) is 0. The molecule has 2 aliphatic rings. The molecule has 0 aromatic heterocycles. The normalized spacial score (nSPS) is 21.2. The number of likely N-dealkylation sites (tertiary alicyclic amines) is 1. The molecule has 1 aliphatic heterocycles. The van der Waals surface area contributed by atoms with Crippen molar-refractivity contribution in [2.24, 2.45) is 5.92 Å². The van der Waals surface area contributed by atoms with Gasteiger partial charge in [-0.3, -0.25) is 4.79 Å². The van der Waals surface area contributed by atoms with Crippen molar-refractivity contribution in [3.05, 3.63) is 29.3 Å². The van der Waals surface area contributed by atoms with E-state index in [1.54, 1.807) is 0 Å². The van der Waals surface area contributed by atoms with E-state index in [0.29, 0.717) is 12.5 Å². The Hall–Kier alpha value is -2.04. The molecule has 0 spiro atoms. The van der Waals surface area contributed by atoms with Crippen LogP contribution in [-0.4, -0.2) is 36.0 Å². The number of hydrogen-bond acceptors (Lipinski definition) is 2. The highest BCUT2D eigenvalue weighted by atomic mass is 16.2. The van der Waals surface area contributed by atoms with Gasteiger partial charge in [0.05, 0.1) is 0 Å². The van der Waals surface area contributed by atoms with Crippen molar-refractivity contribution in [1.29, 1.82) is 0 Å². The van der Waals surface area contributed by atoms with Gasteiger partial charge in [-0.25, -0.2) is 4.79 Å². The van der Waals surface area contributed by atoms with Crippen LogP contribution in [0.3, 0.4) is 0 Å². The third-order valence-corrected chi connectivity index (χ3v) is 5.42. The number of nitrogens with one attached hydrogen (secondary N) is 2. The first-order chi connectivity index (χ1) is 12.0. The summed E-state index contributed by atoms with van der Waals surface area (Å²) in [6.07, 6.45) is 6.49. The molecule has 1 saturated heterocycles. The molecular weight excluding hydrogens is 314 g/mol. The molecule has 1 unspecified atom stereocenters. The number of amides is 3. The van der Waals surface area contributed by atoms with Gasteiger partial charge in [-0.2, -0.15) is 0 Å². The molecule has 1 aromatic carbocycles. The Balaban J connectivity index is 1.49. The Morgan fingerprint density at radius 3 is 2.56 bits per heavy atom. The summed E-state index contributed by atoms with van der Waals surface area (Å²) >= 11 is 0. The largest absolute Gasteiger partial charge is 0.340 e. The van der Waals surface area contributed by atoms with Gasteiger partial charge >= 0.3 is 6.03 Å². The van der Waals surface area contributed by atoms with Crippen LogP contribution in [0, 0.1) is 19.8 Å². The summed E-state index contributed by atoms with van der Waals surface area (Å²) in [6.45, 7) is 5.41. The molecule has 1 atom stereocenters. The highest BCUT2D eigenvalue weighted by molar-refractivity contribution is 5.90. The quantitative estimate of drug-likeness (QED) is 0.881. The van der Waals surface area contributed by atoms with E-state index in [1.807, 2.05) is 30.9 Å². The Morgan fingerprint density at radius 1 is 1.08 bits per heavy atom. The average Bonchev–Trinajstić information content (AvgIpc) is 3.06. The first-order valence-corrected chi connectivity index (χ1v) is 9.46. The summed E-state index contributed by atoms with van der Waals surface area (Å²) in [6, 6.07) is 5.82. The van der Waals surface area contributed by atoms with Gasteiger partial charge in [-0.05, 0) is 44.7 Å². The molecule has 3 amide bonds. The van der Waals surface area contributed by atoms with Crippen molar-refractivity contribution in [3.8, 4) is 0 Å². The monoisotopic (exact) mass is 343 g/mol. The van der Waals surface area contributed by atoms with Crippen LogP contribution in [0.15, 0.2) is 18.2 Å². The van der Waals surface area contributed by atoms with E-state index in [-0.39, 0.29) is 18.0 Å². The lowest BCUT2D eigenvalue weighted by Crippen LogP contribution is -2.42. The van der Waals surface area contributed by atoms with Crippen molar-refractivity contribution in [3.63, 3.8) is 0 Å². The predicted molar refractivity (Wildman–Crippen MR) is 99.6 cm³/mol. The first kappa shape index (κ1) is 17.8. The van der Waals surface area contributed by atoms with E-state index in [9.17, 15) is 9.59 Å². The molecule has 3 rings (SSSR count). The molecule has 1 heterocycles. The Kier molecular flexibility index (Phi) is 5.61. The maximum Gasteiger partial charge on any atom is 0.319 e. The Bertz CT molecular complexity index is 638. The second-order valence-corrected chi connectivity index (χ2v) is 7.52. The third kappa shape index (κ3) is 4.53. The molecule has 1 aliphatic carbocycles. The second-order valence-electron chi connectivity index (χ2n) is 7.52. The number of hydrogen-bond donors (Lipinski definition) is 2. The third-order valence-electron chi connectivity index (χ3n) is 5.42. The number of carbonyl (C=O) groups excluding carboxylic acids is 2. The van der Waals surface area contributed by atoms with E-state index in [4.69, 9.17) is 0 Å². The van der Waals surface area contributed by atoms with Gasteiger partial charge in [0.15, 0.2) is 0 Å². The number of rotatable bonds is 3. The lowest BCUT2D eigenvalue weighted by molar-refractivity contribution is -0.135. The van der Waals surface area contributed by atoms with Gasteiger partial charge in [-0.1, -0.05) is 37.0 Å². The number of carbonyl (C=O) groups is 2. The number of nitrogens with zero attached hydrogens (tertiary/aromatic N) is 1. The molecule has 5 nitrogen and oxygen atoms in total. The second kappa shape index (κ2) is 7.89. The fourth-order valence-electron chi connectivity index (χ4n) is 3.98. The van der Waals surface area contributed by atoms with Crippen LogP contribution in [0.5, 0.6) is 0 Å². The molecule has 25 heavy (non-hydrogen) atoms. The molecule has 0 radical (unpaired) electrons. The highest BCUT2D eigenvalue weighted by Crippen LogP contribution is 2.26. The van der Waals surface area contributed by atoms with Crippen LogP contribution < -0.4 is 10.6 Å². The Morgan fingerprint density at radius 2 is 1.84 bits per heavy atom. The van der Waals surface area contributed by atoms with Gasteiger partial charge in [0.1, 0.15) is 0 Å². The van der Waals surface area contributed by atoms with E-state index >= 15 is 0 Å². The van der Waals surface area contributed by atoms with E-state index in [2.05, 4.69) is 16.7 Å². The zero-order chi connectivity index (χ0) is 17.8. The van der Waals surface area contributed by atoms with Crippen LogP contribution in [0.4, 0.5) is 10.5 Å². The molecule has 1 aromatic rings. The number of urea groups is 1. The van der Waals surface area contributed by atoms with Gasteiger partial charge < -0.3 is 15.5 Å². The zero-order valence-corrected chi connectivity index (χ0v) is 15.3. The summed E-state index contributed by atoms with van der Waals surface area (Å²) in [5.41, 5.74) is 3.06. The van der Waals surface area contributed by atoms with Crippen molar-refractivity contribution < 1.29 is 9.59 Å². The Labute approximate surface area is 150 Å². The average molecular weight is 343 g/mol. The minimum Gasteiger partial charge on any atom is -0.340 e. The van der Waals surface area contributed by atoms with Crippen LogP contribution in [0.25, 0.3) is 0 Å². The van der Waals surface area contributed by atoms with Crippen LogP contribution >= 0.6 is 0 Å². The molecule has 2 fully saturated rings. The van der Waals surface area contributed by atoms with E-state index in [1.165, 1.54) is 24.8 Å². The highest BCUT2D eigenvalue weighted by Gasteiger charge is 2.32. The van der Waals surface area contributed by atoms with Crippen molar-refractivity contribution in [1.82, 2.24) is 10.2 Å². The standard InChI is InChI=1S/C20H29N3O2/c1-14-8-9-18(15(2)12-14)22-20(25)21-17-10-11-23(13-17)19(24)16-6-4-3-5-7-16/h8-9,12,16-17H,3-7,10-11,13H2,1-2H3,(H2,21,22,25). The van der Waals surface area contributed by atoms with Crippen molar-refractivity contribution in [2.75, 3.05) is 18.4 Å². The molecule has 136 valence electrons. The number of anilines is 1. The summed E-state index contributed by atoms with van der Waals surface area (Å²) in [5, 5.41) is 5.93. The predicted octanol–water partition coefficient (Wildman–Crippen LogP) is 3.61. The van der Waals surface area contributed by atoms with Crippen molar-refractivity contribution >= 4 is 17.6 Å². The molecule has 1 saturated carbocycles. The summed E-state index contributed by atoms with van der Waals surface area (Å²) < 4.78 is 0. The lowest BCUT2D eigenvalue weighted by Gasteiger charge is -2.26. The number of benzene rings is 1. The van der Waals surface area contributed by atoms with Crippen LogP contribution in [-0.2, 0) is 4.79 Å². The van der Waals surface area contributed by atoms with Crippen LogP contribution in [0.2, 0.25) is 0 Å². The topological polar surface area (TPSA) is 61.4 Å². The maximum absolute atomic E-state index is 12.6. The fraction of sp³-hybridized carbons (Fsp3) is 0.600. The lowest BCUT2D eigenvalue weighted by atomic mass is 9.88. The minimum absolute atomic E-state index is 0.0401. The van der Waals surface area contributed by atoms with Gasteiger partial charge in [-0.15, -0.1) is 0 Å². The fourth-order valence-corrected chi connectivity index (χ4v) is 3.98. The molecule has 0 bridgehead atoms. The van der Waals surface area contributed by atoms with Gasteiger partial charge in [0.25, 0.3) is 0 Å². The minimum atomic E-state index is -0.191. The SMILES string of the molecule is Cc1ccc(NC(=O)NC2CCN(C(=O)C3CCCCC3)C2)c(C)c1. The van der Waals surface area contributed by atoms with E-state index in [0.717, 1.165) is 37.1 Å². The van der Waals surface area contributed by atoms with Crippen molar-refractivity contribution in [2.45, 2.75) is 58.4 Å². The molecule has 2 N–H and O–H groups in total. The zero-order valence-electron chi connectivity index (χ0n) is 15.3. The summed E-state index contributed by atoms with van der Waals surface area (Å²) in [4.78, 5) is 26.8. The molecule has 5 heteroatoms. The van der Waals surface area contributed by atoms with Gasteiger partial charge in [0.2, 0.25) is 5.91 Å². The smallest absolute Gasteiger partial charge is 0.319 e. The van der Waals surface area contributed by atoms with Gasteiger partial charge in [0, 0.05) is 30.7 Å². The maximum atomic E-state index is 12.6. The first-order valence-electron chi connectivity index (χ1n) is 9.46.